The summed E-state index contributed by atoms with van der Waals surface area (Å²) < 4.78 is 0. The predicted octanol–water partition coefficient (Wildman–Crippen LogP) is 2.85. The second kappa shape index (κ2) is 9.44. The minimum atomic E-state index is 0.562. The van der Waals surface area contributed by atoms with E-state index < -0.39 is 0 Å². The Hall–Kier alpha value is -1.49. The van der Waals surface area contributed by atoms with Crippen molar-refractivity contribution >= 4 is 23.0 Å². The topological polar surface area (TPSA) is 49.3 Å². The molecule has 2 N–H and O–H groups in total. The minimum Gasteiger partial charge on any atom is -0.361 e. The number of pyridine rings is 1. The molecule has 0 unspecified atom stereocenters. The van der Waals surface area contributed by atoms with E-state index >= 15 is 0 Å². The summed E-state index contributed by atoms with van der Waals surface area (Å²) >= 11 is 5.15. The molecule has 4 nitrogen and oxygen atoms in total. The van der Waals surface area contributed by atoms with Crippen LogP contribution in [0.2, 0.25) is 0 Å². The maximum atomic E-state index is 5.15. The van der Waals surface area contributed by atoms with Crippen LogP contribution in [0.1, 0.15) is 45.2 Å². The van der Waals surface area contributed by atoms with Crippen LogP contribution in [-0.2, 0) is 0 Å². The molecule has 0 saturated heterocycles. The van der Waals surface area contributed by atoms with Gasteiger partial charge in [-0.2, -0.15) is 5.10 Å². The van der Waals surface area contributed by atoms with Gasteiger partial charge in [-0.3, -0.25) is 10.4 Å². The lowest BCUT2D eigenvalue weighted by Crippen LogP contribution is -2.33. The molecule has 0 aromatic carbocycles. The first-order chi connectivity index (χ1) is 9.24. The zero-order chi connectivity index (χ0) is 13.9. The average molecular weight is 278 g/mol. The molecule has 104 valence electrons. The van der Waals surface area contributed by atoms with E-state index in [1.165, 1.54) is 19.3 Å². The number of rotatable bonds is 7. The summed E-state index contributed by atoms with van der Waals surface area (Å²) in [4.78, 5) is 4.22. The van der Waals surface area contributed by atoms with Gasteiger partial charge in [0.05, 0.1) is 11.4 Å². The van der Waals surface area contributed by atoms with Crippen LogP contribution in [0.3, 0.4) is 0 Å². The van der Waals surface area contributed by atoms with Gasteiger partial charge in [0.1, 0.15) is 0 Å². The molecule has 1 aromatic rings. The van der Waals surface area contributed by atoms with Crippen LogP contribution in [-0.4, -0.2) is 22.4 Å². The van der Waals surface area contributed by atoms with E-state index in [4.69, 9.17) is 12.2 Å². The van der Waals surface area contributed by atoms with Gasteiger partial charge in [-0.15, -0.1) is 0 Å². The van der Waals surface area contributed by atoms with E-state index in [0.29, 0.717) is 5.11 Å². The second-order valence-electron chi connectivity index (χ2n) is 4.34. The Kier molecular flexibility index (Phi) is 7.74. The molecule has 0 aliphatic carbocycles. The summed E-state index contributed by atoms with van der Waals surface area (Å²) in [6.45, 7) is 5.00. The molecule has 0 spiro atoms. The van der Waals surface area contributed by atoms with Crippen molar-refractivity contribution in [3.63, 3.8) is 0 Å². The quantitative estimate of drug-likeness (QED) is 0.348. The van der Waals surface area contributed by atoms with Crippen molar-refractivity contribution in [3.05, 3.63) is 30.1 Å². The van der Waals surface area contributed by atoms with Crippen molar-refractivity contribution in [1.29, 1.82) is 0 Å². The van der Waals surface area contributed by atoms with Crippen LogP contribution in [0.5, 0.6) is 0 Å². The van der Waals surface area contributed by atoms with Gasteiger partial charge in [0.2, 0.25) is 0 Å². The Labute approximate surface area is 120 Å². The van der Waals surface area contributed by atoms with Crippen LogP contribution in [0.15, 0.2) is 29.5 Å². The highest BCUT2D eigenvalue weighted by Gasteiger charge is 1.98. The number of nitrogens with one attached hydrogen (secondary N) is 2. The van der Waals surface area contributed by atoms with Crippen LogP contribution < -0.4 is 10.7 Å². The highest BCUT2D eigenvalue weighted by Crippen LogP contribution is 1.97. The first-order valence-electron chi connectivity index (χ1n) is 6.73. The highest BCUT2D eigenvalue weighted by molar-refractivity contribution is 7.80. The summed E-state index contributed by atoms with van der Waals surface area (Å²) in [7, 11) is 0. The molecule has 1 heterocycles. The van der Waals surface area contributed by atoms with Crippen molar-refractivity contribution in [3.8, 4) is 0 Å². The van der Waals surface area contributed by atoms with Gasteiger partial charge in [0.25, 0.3) is 0 Å². The Bertz CT molecular complexity index is 403. The monoisotopic (exact) mass is 278 g/mol. The lowest BCUT2D eigenvalue weighted by atomic mass is 10.2. The van der Waals surface area contributed by atoms with Gasteiger partial charge in [0.15, 0.2) is 5.11 Å². The third-order valence-corrected chi connectivity index (χ3v) is 2.91. The SMILES string of the molecule is CCCCCCNC(=S)N/N=C(/C)c1ccccn1. The van der Waals surface area contributed by atoms with E-state index in [1.807, 2.05) is 25.1 Å². The van der Waals surface area contributed by atoms with Crippen LogP contribution >= 0.6 is 12.2 Å². The fraction of sp³-hybridized carbons (Fsp3) is 0.500. The molecule has 5 heteroatoms. The first-order valence-corrected chi connectivity index (χ1v) is 7.14. The molecule has 0 atom stereocenters. The predicted molar refractivity (Wildman–Crippen MR) is 84.3 cm³/mol. The molecule has 19 heavy (non-hydrogen) atoms. The van der Waals surface area contributed by atoms with E-state index in [-0.39, 0.29) is 0 Å². The zero-order valence-corrected chi connectivity index (χ0v) is 12.5. The standard InChI is InChI=1S/C14H22N4S/c1-3-4-5-7-11-16-14(19)18-17-12(2)13-9-6-8-10-15-13/h6,8-10H,3-5,7,11H2,1-2H3,(H2,16,18,19)/b17-12-. The normalized spacial score (nSPS) is 11.2. The summed E-state index contributed by atoms with van der Waals surface area (Å²) in [5.74, 6) is 0. The van der Waals surface area contributed by atoms with Gasteiger partial charge in [-0.25, -0.2) is 0 Å². The van der Waals surface area contributed by atoms with E-state index in [9.17, 15) is 0 Å². The molecule has 0 aliphatic rings. The number of hydrazone groups is 1. The number of aromatic nitrogens is 1. The third-order valence-electron chi connectivity index (χ3n) is 2.68. The molecular weight excluding hydrogens is 256 g/mol. The van der Waals surface area contributed by atoms with Gasteiger partial charge < -0.3 is 5.32 Å². The van der Waals surface area contributed by atoms with Gasteiger partial charge >= 0.3 is 0 Å². The molecular formula is C14H22N4S. The van der Waals surface area contributed by atoms with Crippen molar-refractivity contribution < 1.29 is 0 Å². The van der Waals surface area contributed by atoms with Crippen LogP contribution in [0.25, 0.3) is 0 Å². The number of hydrogen-bond donors (Lipinski definition) is 2. The molecule has 0 bridgehead atoms. The number of nitrogens with zero attached hydrogens (tertiary/aromatic N) is 2. The van der Waals surface area contributed by atoms with E-state index in [1.54, 1.807) is 6.20 Å². The van der Waals surface area contributed by atoms with Crippen molar-refractivity contribution in [1.82, 2.24) is 15.7 Å². The minimum absolute atomic E-state index is 0.562. The maximum absolute atomic E-state index is 5.15. The Morgan fingerprint density at radius 1 is 1.32 bits per heavy atom. The van der Waals surface area contributed by atoms with Crippen molar-refractivity contribution in [2.75, 3.05) is 6.54 Å². The molecule has 1 aromatic heterocycles. The first kappa shape index (κ1) is 15.6. The molecule has 0 aliphatic heterocycles. The molecule has 0 fully saturated rings. The lowest BCUT2D eigenvalue weighted by Gasteiger charge is -2.07. The average Bonchev–Trinajstić information content (AvgIpc) is 2.45. The highest BCUT2D eigenvalue weighted by atomic mass is 32.1. The summed E-state index contributed by atoms with van der Waals surface area (Å²) in [6, 6.07) is 5.74. The largest absolute Gasteiger partial charge is 0.361 e. The van der Waals surface area contributed by atoms with Crippen molar-refractivity contribution in [2.24, 2.45) is 5.10 Å². The van der Waals surface area contributed by atoms with Crippen LogP contribution in [0, 0.1) is 0 Å². The van der Waals surface area contributed by atoms with Gasteiger partial charge in [-0.1, -0.05) is 32.3 Å². The number of unbranched alkanes of at least 4 members (excludes halogenated alkanes) is 3. The van der Waals surface area contributed by atoms with Gasteiger partial charge in [-0.05, 0) is 37.7 Å². The summed E-state index contributed by atoms with van der Waals surface area (Å²) in [5.41, 5.74) is 4.50. The van der Waals surface area contributed by atoms with E-state index in [0.717, 1.165) is 24.4 Å². The molecule has 0 radical (unpaired) electrons. The Morgan fingerprint density at radius 2 is 2.16 bits per heavy atom. The number of hydrogen-bond acceptors (Lipinski definition) is 3. The Morgan fingerprint density at radius 3 is 2.84 bits per heavy atom. The molecule has 0 saturated carbocycles. The third kappa shape index (κ3) is 6.86. The zero-order valence-electron chi connectivity index (χ0n) is 11.6. The Balaban J connectivity index is 2.25. The number of thiocarbonyl (C=S) groups is 1. The summed E-state index contributed by atoms with van der Waals surface area (Å²) in [6.07, 6.45) is 6.65. The smallest absolute Gasteiger partial charge is 0.186 e. The molecule has 1 rings (SSSR count). The molecule has 0 amide bonds. The fourth-order valence-corrected chi connectivity index (χ4v) is 1.71. The van der Waals surface area contributed by atoms with E-state index in [2.05, 4.69) is 27.8 Å². The lowest BCUT2D eigenvalue weighted by molar-refractivity contribution is 0.651. The van der Waals surface area contributed by atoms with Crippen molar-refractivity contribution in [2.45, 2.75) is 39.5 Å². The van der Waals surface area contributed by atoms with Gasteiger partial charge in [0, 0.05) is 12.7 Å². The second-order valence-corrected chi connectivity index (χ2v) is 4.75. The van der Waals surface area contributed by atoms with Crippen LogP contribution in [0.4, 0.5) is 0 Å². The maximum Gasteiger partial charge on any atom is 0.186 e. The fourth-order valence-electron chi connectivity index (χ4n) is 1.56. The summed E-state index contributed by atoms with van der Waals surface area (Å²) in [5, 5.41) is 7.91.